The summed E-state index contributed by atoms with van der Waals surface area (Å²) in [6, 6.07) is 13.7. The molecule has 24 heavy (non-hydrogen) atoms. The van der Waals surface area contributed by atoms with Gasteiger partial charge in [0, 0.05) is 18.3 Å². The second kappa shape index (κ2) is 8.92. The predicted molar refractivity (Wildman–Crippen MR) is 99.9 cm³/mol. The first-order chi connectivity index (χ1) is 11.5. The van der Waals surface area contributed by atoms with Crippen LogP contribution in [0, 0.1) is 0 Å². The van der Waals surface area contributed by atoms with Crippen LogP contribution >= 0.6 is 11.6 Å². The van der Waals surface area contributed by atoms with Gasteiger partial charge in [-0.1, -0.05) is 35.9 Å². The molecule has 0 amide bonds. The third kappa shape index (κ3) is 5.41. The van der Waals surface area contributed by atoms with E-state index in [2.05, 4.69) is 17.1 Å². The van der Waals surface area contributed by atoms with E-state index >= 15 is 0 Å². The van der Waals surface area contributed by atoms with E-state index in [1.165, 1.54) is 0 Å². The van der Waals surface area contributed by atoms with E-state index in [1.54, 1.807) is 0 Å². The van der Waals surface area contributed by atoms with Crippen molar-refractivity contribution in [3.8, 4) is 5.75 Å². The van der Waals surface area contributed by atoms with Gasteiger partial charge in [-0.2, -0.15) is 0 Å². The number of rotatable bonds is 8. The van der Waals surface area contributed by atoms with Crippen LogP contribution in [-0.4, -0.2) is 37.3 Å². The number of ether oxygens (including phenoxy) is 1. The molecule has 0 bridgehead atoms. The van der Waals surface area contributed by atoms with Crippen molar-refractivity contribution in [2.24, 2.45) is 0 Å². The highest BCUT2D eigenvalue weighted by molar-refractivity contribution is 6.32. The molecule has 130 valence electrons. The highest BCUT2D eigenvalue weighted by atomic mass is 35.5. The zero-order valence-electron chi connectivity index (χ0n) is 14.4. The largest absolute Gasteiger partial charge is 0.491 e. The number of aliphatic hydroxyl groups excluding tert-OH is 1. The van der Waals surface area contributed by atoms with Crippen LogP contribution in [0.25, 0.3) is 0 Å². The quantitative estimate of drug-likeness (QED) is 0.758. The monoisotopic (exact) mass is 348 g/mol. The minimum Gasteiger partial charge on any atom is -0.491 e. The Morgan fingerprint density at radius 3 is 2.67 bits per heavy atom. The van der Waals surface area contributed by atoms with E-state index in [1.807, 2.05) is 56.6 Å². The maximum Gasteiger partial charge on any atom is 0.138 e. The molecule has 2 aromatic rings. The molecule has 0 aliphatic carbocycles. The lowest BCUT2D eigenvalue weighted by Crippen LogP contribution is -2.19. The van der Waals surface area contributed by atoms with Gasteiger partial charge in [-0.3, -0.25) is 0 Å². The molecule has 2 aromatic carbocycles. The average molecular weight is 349 g/mol. The third-order valence-corrected chi connectivity index (χ3v) is 4.04. The number of nitrogens with zero attached hydrogens (tertiary/aromatic N) is 1. The molecule has 2 N–H and O–H groups in total. The number of benzene rings is 2. The Morgan fingerprint density at radius 1 is 1.21 bits per heavy atom. The van der Waals surface area contributed by atoms with Gasteiger partial charge in [-0.25, -0.2) is 0 Å². The molecule has 0 radical (unpaired) electrons. The van der Waals surface area contributed by atoms with Crippen LogP contribution in [0.3, 0.4) is 0 Å². The lowest BCUT2D eigenvalue weighted by atomic mass is 10.1. The summed E-state index contributed by atoms with van der Waals surface area (Å²) in [5, 5.41) is 13.3. The highest BCUT2D eigenvalue weighted by Gasteiger charge is 2.08. The van der Waals surface area contributed by atoms with E-state index in [0.29, 0.717) is 17.4 Å². The Hall–Kier alpha value is -1.75. The summed E-state index contributed by atoms with van der Waals surface area (Å²) in [6.07, 6.45) is 0. The summed E-state index contributed by atoms with van der Waals surface area (Å²) in [6.45, 7) is 3.57. The number of nitrogens with one attached hydrogen (secondary N) is 1. The van der Waals surface area contributed by atoms with Gasteiger partial charge >= 0.3 is 0 Å². The maximum atomic E-state index is 9.25. The second-order valence-corrected chi connectivity index (χ2v) is 6.47. The van der Waals surface area contributed by atoms with Crippen LogP contribution in [0.4, 0.5) is 5.69 Å². The number of anilines is 1. The Morgan fingerprint density at radius 2 is 2.00 bits per heavy atom. The minimum absolute atomic E-state index is 0.0470. The van der Waals surface area contributed by atoms with Gasteiger partial charge in [-0.05, 0) is 50.3 Å². The molecule has 4 nitrogen and oxygen atoms in total. The van der Waals surface area contributed by atoms with Gasteiger partial charge in [0.15, 0.2) is 0 Å². The highest BCUT2D eigenvalue weighted by Crippen LogP contribution is 2.29. The first-order valence-corrected chi connectivity index (χ1v) is 8.40. The number of hydrogen-bond acceptors (Lipinski definition) is 4. The summed E-state index contributed by atoms with van der Waals surface area (Å²) in [5.41, 5.74) is 2.95. The molecule has 0 saturated carbocycles. The van der Waals surface area contributed by atoms with Crippen molar-refractivity contribution in [3.05, 3.63) is 58.6 Å². The molecule has 0 aliphatic heterocycles. The smallest absolute Gasteiger partial charge is 0.138 e. The normalized spacial score (nSPS) is 12.2. The van der Waals surface area contributed by atoms with E-state index in [4.69, 9.17) is 16.3 Å². The maximum absolute atomic E-state index is 9.25. The lowest BCUT2D eigenvalue weighted by molar-refractivity contribution is 0.261. The van der Waals surface area contributed by atoms with Crippen molar-refractivity contribution in [2.45, 2.75) is 19.6 Å². The van der Waals surface area contributed by atoms with Gasteiger partial charge in [0.05, 0.1) is 11.6 Å². The molecular formula is C19H25ClN2O2. The fourth-order valence-corrected chi connectivity index (χ4v) is 2.58. The summed E-state index contributed by atoms with van der Waals surface area (Å²) in [7, 11) is 4.01. The molecule has 0 heterocycles. The molecule has 1 atom stereocenters. The van der Waals surface area contributed by atoms with Gasteiger partial charge < -0.3 is 20.1 Å². The van der Waals surface area contributed by atoms with E-state index in [-0.39, 0.29) is 12.6 Å². The van der Waals surface area contributed by atoms with E-state index in [9.17, 15) is 5.11 Å². The first-order valence-electron chi connectivity index (χ1n) is 8.03. The Balaban J connectivity index is 2.00. The molecule has 2 rings (SSSR count). The summed E-state index contributed by atoms with van der Waals surface area (Å²) >= 11 is 6.31. The van der Waals surface area contributed by atoms with Crippen LogP contribution in [0.1, 0.15) is 24.1 Å². The number of halogens is 1. The van der Waals surface area contributed by atoms with Crippen LogP contribution in [0.2, 0.25) is 5.02 Å². The standard InChI is InChI=1S/C19H25ClN2O2/c1-14(16-6-4-5-15(11-16)13-23)21-17-7-8-19(18(20)12-17)24-10-9-22(2)3/h4-8,11-12,14,21,23H,9-10,13H2,1-3H3. The average Bonchev–Trinajstić information content (AvgIpc) is 2.56. The fourth-order valence-electron chi connectivity index (χ4n) is 2.34. The predicted octanol–water partition coefficient (Wildman–Crippen LogP) is 3.95. The SMILES string of the molecule is CC(Nc1ccc(OCCN(C)C)c(Cl)c1)c1cccc(CO)c1. The van der Waals surface area contributed by atoms with Crippen molar-refractivity contribution in [2.75, 3.05) is 32.6 Å². The number of hydrogen-bond donors (Lipinski definition) is 2. The summed E-state index contributed by atoms with van der Waals surface area (Å²) < 4.78 is 5.69. The van der Waals surface area contributed by atoms with Crippen LogP contribution in [-0.2, 0) is 6.61 Å². The zero-order valence-corrected chi connectivity index (χ0v) is 15.2. The van der Waals surface area contributed by atoms with Gasteiger partial charge in [0.25, 0.3) is 0 Å². The van der Waals surface area contributed by atoms with Crippen LogP contribution in [0.5, 0.6) is 5.75 Å². The van der Waals surface area contributed by atoms with Gasteiger partial charge in [0.2, 0.25) is 0 Å². The molecule has 0 spiro atoms. The summed E-state index contributed by atoms with van der Waals surface area (Å²) in [5.74, 6) is 0.694. The molecule has 0 aromatic heterocycles. The van der Waals surface area contributed by atoms with Crippen molar-refractivity contribution >= 4 is 17.3 Å². The molecule has 5 heteroatoms. The number of aliphatic hydroxyl groups is 1. The molecule has 1 unspecified atom stereocenters. The molecule has 0 saturated heterocycles. The Bertz CT molecular complexity index is 662. The fraction of sp³-hybridized carbons (Fsp3) is 0.368. The Kier molecular flexibility index (Phi) is 6.91. The van der Waals surface area contributed by atoms with E-state index in [0.717, 1.165) is 23.4 Å². The third-order valence-electron chi connectivity index (χ3n) is 3.74. The van der Waals surface area contributed by atoms with Crippen molar-refractivity contribution in [3.63, 3.8) is 0 Å². The van der Waals surface area contributed by atoms with E-state index < -0.39 is 0 Å². The first kappa shape index (κ1) is 18.6. The van der Waals surface area contributed by atoms with Crippen molar-refractivity contribution in [1.82, 2.24) is 4.90 Å². The number of likely N-dealkylation sites (N-methyl/N-ethyl adjacent to an activating group) is 1. The van der Waals surface area contributed by atoms with Crippen molar-refractivity contribution in [1.29, 1.82) is 0 Å². The van der Waals surface area contributed by atoms with Crippen LogP contribution < -0.4 is 10.1 Å². The molecule has 0 fully saturated rings. The summed E-state index contributed by atoms with van der Waals surface area (Å²) in [4.78, 5) is 2.06. The second-order valence-electron chi connectivity index (χ2n) is 6.07. The topological polar surface area (TPSA) is 44.7 Å². The van der Waals surface area contributed by atoms with Crippen molar-refractivity contribution < 1.29 is 9.84 Å². The van der Waals surface area contributed by atoms with Gasteiger partial charge in [0.1, 0.15) is 12.4 Å². The Labute approximate surface area is 149 Å². The zero-order chi connectivity index (χ0) is 17.5. The molecular weight excluding hydrogens is 324 g/mol. The lowest BCUT2D eigenvalue weighted by Gasteiger charge is -2.18. The minimum atomic E-state index is 0.0470. The van der Waals surface area contributed by atoms with Crippen LogP contribution in [0.15, 0.2) is 42.5 Å². The molecule has 0 aliphatic rings. The van der Waals surface area contributed by atoms with Gasteiger partial charge in [-0.15, -0.1) is 0 Å².